The first-order valence-corrected chi connectivity index (χ1v) is 3.61. The Hall–Kier alpha value is -1.13. The molecule has 0 rings (SSSR count). The Morgan fingerprint density at radius 1 is 1.50 bits per heavy atom. The third kappa shape index (κ3) is 5.64. The van der Waals surface area contributed by atoms with Crippen molar-refractivity contribution in [1.82, 2.24) is 5.01 Å². The zero-order chi connectivity index (χ0) is 9.78. The second kappa shape index (κ2) is 4.04. The Kier molecular flexibility index (Phi) is 3.66. The Morgan fingerprint density at radius 3 is 2.33 bits per heavy atom. The first-order chi connectivity index (χ1) is 5.35. The van der Waals surface area contributed by atoms with E-state index in [1.165, 1.54) is 7.05 Å². The van der Waals surface area contributed by atoms with Gasteiger partial charge in [0.1, 0.15) is 12.1 Å². The lowest BCUT2D eigenvalue weighted by molar-refractivity contribution is -0.155. The normalized spacial score (nSPS) is 10.7. The van der Waals surface area contributed by atoms with Gasteiger partial charge in [0, 0.05) is 7.05 Å². The van der Waals surface area contributed by atoms with Gasteiger partial charge in [-0.15, -0.1) is 4.91 Å². The summed E-state index contributed by atoms with van der Waals surface area (Å²) in [5.41, 5.74) is -0.513. The van der Waals surface area contributed by atoms with Gasteiger partial charge in [-0.1, -0.05) is 0 Å². The van der Waals surface area contributed by atoms with Crippen LogP contribution in [0.3, 0.4) is 0 Å². The van der Waals surface area contributed by atoms with Gasteiger partial charge in [0.25, 0.3) is 0 Å². The van der Waals surface area contributed by atoms with Gasteiger partial charge in [0.15, 0.2) is 0 Å². The van der Waals surface area contributed by atoms with Crippen LogP contribution in [-0.2, 0) is 9.53 Å². The van der Waals surface area contributed by atoms with E-state index in [0.29, 0.717) is 0 Å². The lowest BCUT2D eigenvalue weighted by Gasteiger charge is -2.20. The molecule has 5 heteroatoms. The van der Waals surface area contributed by atoms with Crippen LogP contribution in [0.1, 0.15) is 20.8 Å². The Bertz CT molecular complexity index is 174. The molecular formula is C7H14N2O3. The van der Waals surface area contributed by atoms with E-state index in [2.05, 4.69) is 5.29 Å². The van der Waals surface area contributed by atoms with Gasteiger partial charge in [-0.2, -0.15) is 0 Å². The number of nitrogens with zero attached hydrogens (tertiary/aromatic N) is 2. The summed E-state index contributed by atoms with van der Waals surface area (Å²) in [7, 11) is 1.41. The van der Waals surface area contributed by atoms with Crippen LogP contribution in [0.25, 0.3) is 0 Å². The maximum absolute atomic E-state index is 11.0. The number of esters is 1. The number of nitroso groups, excluding NO2 is 1. The lowest BCUT2D eigenvalue weighted by atomic mass is 10.2. The highest BCUT2D eigenvalue weighted by atomic mass is 16.6. The summed E-state index contributed by atoms with van der Waals surface area (Å²) in [6, 6.07) is 0. The van der Waals surface area contributed by atoms with Crippen molar-refractivity contribution in [3.8, 4) is 0 Å². The van der Waals surface area contributed by atoms with E-state index >= 15 is 0 Å². The van der Waals surface area contributed by atoms with Crippen molar-refractivity contribution in [2.75, 3.05) is 13.6 Å². The Morgan fingerprint density at radius 2 is 2.00 bits per heavy atom. The van der Waals surface area contributed by atoms with E-state index in [4.69, 9.17) is 4.74 Å². The molecule has 0 unspecified atom stereocenters. The fraction of sp³-hybridized carbons (Fsp3) is 0.857. The fourth-order valence-corrected chi connectivity index (χ4v) is 0.589. The summed E-state index contributed by atoms with van der Waals surface area (Å²) >= 11 is 0. The summed E-state index contributed by atoms with van der Waals surface area (Å²) in [6.07, 6.45) is 0. The molecule has 0 spiro atoms. The summed E-state index contributed by atoms with van der Waals surface area (Å²) in [5, 5.41) is 3.52. The van der Waals surface area contributed by atoms with E-state index in [-0.39, 0.29) is 6.54 Å². The van der Waals surface area contributed by atoms with E-state index in [1.807, 2.05) is 0 Å². The van der Waals surface area contributed by atoms with Gasteiger partial charge in [-0.25, -0.2) is 0 Å². The molecule has 0 aromatic rings. The molecule has 0 aromatic carbocycles. The highest BCUT2D eigenvalue weighted by Gasteiger charge is 2.17. The molecule has 0 atom stereocenters. The second-order valence-corrected chi connectivity index (χ2v) is 3.48. The summed E-state index contributed by atoms with van der Waals surface area (Å²) in [6.45, 7) is 5.18. The number of rotatable bonds is 3. The third-order valence-corrected chi connectivity index (χ3v) is 0.917. The highest BCUT2D eigenvalue weighted by Crippen LogP contribution is 2.06. The van der Waals surface area contributed by atoms with E-state index < -0.39 is 11.6 Å². The molecule has 0 fully saturated rings. The minimum atomic E-state index is -0.513. The van der Waals surface area contributed by atoms with E-state index in [0.717, 1.165) is 5.01 Å². The predicted molar refractivity (Wildman–Crippen MR) is 44.3 cm³/mol. The number of ether oxygens (including phenoxy) is 1. The molecule has 0 N–H and O–H groups in total. The average Bonchev–Trinajstić information content (AvgIpc) is 1.82. The van der Waals surface area contributed by atoms with Crippen LogP contribution in [0.2, 0.25) is 0 Å². The van der Waals surface area contributed by atoms with Crippen molar-refractivity contribution in [3.63, 3.8) is 0 Å². The summed E-state index contributed by atoms with van der Waals surface area (Å²) < 4.78 is 4.93. The van der Waals surface area contributed by atoms with Crippen molar-refractivity contribution in [2.45, 2.75) is 26.4 Å². The van der Waals surface area contributed by atoms with Crippen molar-refractivity contribution >= 4 is 5.97 Å². The minimum absolute atomic E-state index is 0.110. The number of likely N-dealkylation sites (N-methyl/N-ethyl adjacent to an activating group) is 1. The van der Waals surface area contributed by atoms with Crippen LogP contribution in [0.5, 0.6) is 0 Å². The third-order valence-electron chi connectivity index (χ3n) is 0.917. The van der Waals surface area contributed by atoms with Crippen LogP contribution in [0.4, 0.5) is 0 Å². The van der Waals surface area contributed by atoms with Crippen LogP contribution in [0, 0.1) is 4.91 Å². The van der Waals surface area contributed by atoms with Gasteiger partial charge in [-0.3, -0.25) is 9.80 Å². The molecule has 0 saturated carbocycles. The van der Waals surface area contributed by atoms with Crippen molar-refractivity contribution in [1.29, 1.82) is 0 Å². The topological polar surface area (TPSA) is 59.0 Å². The molecule has 70 valence electrons. The number of carbonyl (C=O) groups excluding carboxylic acids is 1. The molecule has 0 aliphatic rings. The first-order valence-electron chi connectivity index (χ1n) is 3.61. The summed E-state index contributed by atoms with van der Waals surface area (Å²) in [5.74, 6) is -0.454. The van der Waals surface area contributed by atoms with Gasteiger partial charge < -0.3 is 4.74 Å². The largest absolute Gasteiger partial charge is 0.459 e. The standard InChI is InChI=1S/C7H14N2O3/c1-7(2,3)12-6(10)5-9(4)8-11/h5H2,1-4H3. The summed E-state index contributed by atoms with van der Waals surface area (Å²) in [4.78, 5) is 20.8. The highest BCUT2D eigenvalue weighted by molar-refractivity contribution is 5.71. The number of carbonyl (C=O) groups is 1. The predicted octanol–water partition coefficient (Wildman–Crippen LogP) is 0.941. The van der Waals surface area contributed by atoms with Crippen molar-refractivity contribution in [2.24, 2.45) is 5.29 Å². The van der Waals surface area contributed by atoms with Gasteiger partial charge in [-0.05, 0) is 20.8 Å². The van der Waals surface area contributed by atoms with Crippen LogP contribution in [0.15, 0.2) is 5.29 Å². The van der Waals surface area contributed by atoms with Gasteiger partial charge in [0.2, 0.25) is 0 Å². The van der Waals surface area contributed by atoms with Crippen LogP contribution < -0.4 is 0 Å². The molecule has 12 heavy (non-hydrogen) atoms. The lowest BCUT2D eigenvalue weighted by Crippen LogP contribution is -2.30. The zero-order valence-corrected chi connectivity index (χ0v) is 7.83. The molecule has 5 nitrogen and oxygen atoms in total. The Labute approximate surface area is 71.6 Å². The number of hydrogen-bond acceptors (Lipinski definition) is 4. The molecule has 0 aromatic heterocycles. The monoisotopic (exact) mass is 174 g/mol. The Balaban J connectivity index is 3.82. The van der Waals surface area contributed by atoms with E-state index in [1.54, 1.807) is 20.8 Å². The second-order valence-electron chi connectivity index (χ2n) is 3.48. The molecule has 0 bridgehead atoms. The number of hydrogen-bond donors (Lipinski definition) is 0. The SMILES string of the molecule is CN(CC(=O)OC(C)(C)C)N=O. The maximum Gasteiger partial charge on any atom is 0.327 e. The maximum atomic E-state index is 11.0. The quantitative estimate of drug-likeness (QED) is 0.363. The van der Waals surface area contributed by atoms with Crippen LogP contribution in [-0.4, -0.2) is 30.2 Å². The van der Waals surface area contributed by atoms with Gasteiger partial charge in [0.05, 0.1) is 5.29 Å². The van der Waals surface area contributed by atoms with Crippen molar-refractivity contribution in [3.05, 3.63) is 4.91 Å². The smallest absolute Gasteiger partial charge is 0.327 e. The van der Waals surface area contributed by atoms with Gasteiger partial charge >= 0.3 is 5.97 Å². The average molecular weight is 174 g/mol. The molecule has 0 aliphatic heterocycles. The van der Waals surface area contributed by atoms with Crippen LogP contribution >= 0.6 is 0 Å². The molecular weight excluding hydrogens is 160 g/mol. The molecule has 0 heterocycles. The fourth-order valence-electron chi connectivity index (χ4n) is 0.589. The molecule has 0 aliphatic carbocycles. The molecule has 0 radical (unpaired) electrons. The zero-order valence-electron chi connectivity index (χ0n) is 7.83. The minimum Gasteiger partial charge on any atom is -0.459 e. The van der Waals surface area contributed by atoms with Crippen molar-refractivity contribution < 1.29 is 9.53 Å². The molecule has 0 saturated heterocycles. The first kappa shape index (κ1) is 10.9. The van der Waals surface area contributed by atoms with E-state index in [9.17, 15) is 9.70 Å². The molecule has 0 amide bonds.